The first-order chi connectivity index (χ1) is 10.9. The first-order valence-electron chi connectivity index (χ1n) is 8.08. The van der Waals surface area contributed by atoms with Gasteiger partial charge in [0.15, 0.2) is 0 Å². The highest BCUT2D eigenvalue weighted by Crippen LogP contribution is 2.35. The van der Waals surface area contributed by atoms with Crippen molar-refractivity contribution in [3.8, 4) is 0 Å². The summed E-state index contributed by atoms with van der Waals surface area (Å²) in [7, 11) is 0. The van der Waals surface area contributed by atoms with Crippen LogP contribution in [0.3, 0.4) is 0 Å². The predicted octanol–water partition coefficient (Wildman–Crippen LogP) is 4.12. The largest absolute Gasteiger partial charge is 0.329 e. The number of hydrogen-bond acceptors (Lipinski definition) is 4. The van der Waals surface area contributed by atoms with Gasteiger partial charge in [-0.05, 0) is 31.9 Å². The molecule has 4 nitrogen and oxygen atoms in total. The molecule has 0 bridgehead atoms. The highest BCUT2D eigenvalue weighted by Gasteiger charge is 2.34. The molecule has 1 saturated heterocycles. The smallest absolute Gasteiger partial charge is 0.266 e. The van der Waals surface area contributed by atoms with E-state index >= 15 is 0 Å². The van der Waals surface area contributed by atoms with Gasteiger partial charge in [-0.1, -0.05) is 26.8 Å². The first kappa shape index (κ1) is 16.1. The number of carbonyl (C=O) groups is 1. The van der Waals surface area contributed by atoms with Crippen molar-refractivity contribution in [2.24, 2.45) is 0 Å². The topological polar surface area (TPSA) is 46.1 Å². The molecule has 0 N–H and O–H groups in total. The Kier molecular flexibility index (Phi) is 4.23. The van der Waals surface area contributed by atoms with Crippen LogP contribution >= 0.6 is 11.3 Å². The van der Waals surface area contributed by atoms with Crippen LogP contribution in [-0.4, -0.2) is 27.3 Å². The maximum absolute atomic E-state index is 13.1. The van der Waals surface area contributed by atoms with Crippen molar-refractivity contribution in [3.05, 3.63) is 45.7 Å². The van der Waals surface area contributed by atoms with Gasteiger partial charge in [0.25, 0.3) is 5.91 Å². The number of aryl methyl sites for hydroxylation is 1. The summed E-state index contributed by atoms with van der Waals surface area (Å²) in [6, 6.07) is 5.99. The Morgan fingerprint density at radius 3 is 2.74 bits per heavy atom. The second kappa shape index (κ2) is 6.04. The lowest BCUT2D eigenvalue weighted by molar-refractivity contribution is 0.0737. The van der Waals surface area contributed by atoms with E-state index in [1.807, 2.05) is 30.0 Å². The molecule has 2 aromatic heterocycles. The summed E-state index contributed by atoms with van der Waals surface area (Å²) in [5.41, 5.74) is 1.80. The van der Waals surface area contributed by atoms with Crippen molar-refractivity contribution in [2.45, 2.75) is 52.0 Å². The zero-order valence-electron chi connectivity index (χ0n) is 14.2. The number of nitrogens with zero attached hydrogens (tertiary/aromatic N) is 3. The van der Waals surface area contributed by atoms with Crippen molar-refractivity contribution < 1.29 is 4.79 Å². The van der Waals surface area contributed by atoms with Gasteiger partial charge in [0.1, 0.15) is 4.88 Å². The quantitative estimate of drug-likeness (QED) is 0.832. The van der Waals surface area contributed by atoms with Crippen molar-refractivity contribution in [1.29, 1.82) is 0 Å². The average Bonchev–Trinajstić information content (AvgIpc) is 3.13. The van der Waals surface area contributed by atoms with Crippen LogP contribution in [0.5, 0.6) is 0 Å². The number of hydrogen-bond donors (Lipinski definition) is 0. The molecule has 5 heteroatoms. The fraction of sp³-hybridized carbons (Fsp3) is 0.500. The van der Waals surface area contributed by atoms with Crippen molar-refractivity contribution in [2.75, 3.05) is 6.54 Å². The minimum atomic E-state index is -0.0284. The molecule has 1 atom stereocenters. The van der Waals surface area contributed by atoms with Crippen LogP contribution in [0.2, 0.25) is 0 Å². The molecule has 2 aromatic rings. The minimum absolute atomic E-state index is 0.0284. The molecule has 3 heterocycles. The SMILES string of the molecule is Cc1nc(C(C)(C)C)sc1C(=O)N1CCC[C@H]1c1ccccn1. The normalized spacial score (nSPS) is 18.4. The number of rotatable bonds is 2. The van der Waals surface area contributed by atoms with Gasteiger partial charge in [0, 0.05) is 18.2 Å². The summed E-state index contributed by atoms with van der Waals surface area (Å²) in [5, 5.41) is 1.02. The molecular weight excluding hydrogens is 306 g/mol. The van der Waals surface area contributed by atoms with Crippen LogP contribution in [-0.2, 0) is 5.41 Å². The average molecular weight is 329 g/mol. The lowest BCUT2D eigenvalue weighted by Crippen LogP contribution is -2.30. The first-order valence-corrected chi connectivity index (χ1v) is 8.89. The highest BCUT2D eigenvalue weighted by atomic mass is 32.1. The summed E-state index contributed by atoms with van der Waals surface area (Å²) >= 11 is 1.54. The molecule has 122 valence electrons. The lowest BCUT2D eigenvalue weighted by atomic mass is 9.98. The Morgan fingerprint density at radius 2 is 2.13 bits per heavy atom. The van der Waals surface area contributed by atoms with E-state index in [2.05, 4.69) is 30.7 Å². The third-order valence-corrected chi connectivity index (χ3v) is 5.75. The summed E-state index contributed by atoms with van der Waals surface area (Å²) < 4.78 is 0. The van der Waals surface area contributed by atoms with Gasteiger partial charge < -0.3 is 4.90 Å². The molecule has 0 aromatic carbocycles. The molecule has 0 unspecified atom stereocenters. The molecule has 0 spiro atoms. The molecule has 1 aliphatic heterocycles. The molecule has 3 rings (SSSR count). The number of carbonyl (C=O) groups excluding carboxylic acids is 1. The van der Waals surface area contributed by atoms with Crippen LogP contribution in [0.1, 0.15) is 65.7 Å². The number of aromatic nitrogens is 2. The van der Waals surface area contributed by atoms with Crippen LogP contribution in [0.4, 0.5) is 0 Å². The molecule has 23 heavy (non-hydrogen) atoms. The van der Waals surface area contributed by atoms with E-state index < -0.39 is 0 Å². The fourth-order valence-corrected chi connectivity index (χ4v) is 4.02. The standard InChI is InChI=1S/C18H23N3OS/c1-12-15(23-17(20-12)18(2,3)4)16(22)21-11-7-9-14(21)13-8-5-6-10-19-13/h5-6,8,10,14H,7,9,11H2,1-4H3/t14-/m0/s1. The van der Waals surface area contributed by atoms with Crippen molar-refractivity contribution in [1.82, 2.24) is 14.9 Å². The molecule has 0 saturated carbocycles. The van der Waals surface area contributed by atoms with E-state index in [-0.39, 0.29) is 17.4 Å². The Hall–Kier alpha value is -1.75. The lowest BCUT2D eigenvalue weighted by Gasteiger charge is -2.24. The monoisotopic (exact) mass is 329 g/mol. The van der Waals surface area contributed by atoms with Gasteiger partial charge in [0.2, 0.25) is 0 Å². The molecule has 0 aliphatic carbocycles. The Balaban J connectivity index is 1.89. The van der Waals surface area contributed by atoms with Crippen molar-refractivity contribution >= 4 is 17.2 Å². The minimum Gasteiger partial charge on any atom is -0.329 e. The van der Waals surface area contributed by atoms with Gasteiger partial charge in [-0.2, -0.15) is 0 Å². The van der Waals surface area contributed by atoms with E-state index in [0.717, 1.165) is 40.7 Å². The molecular formula is C18H23N3OS. The molecule has 0 radical (unpaired) electrons. The van der Waals surface area contributed by atoms with Crippen LogP contribution < -0.4 is 0 Å². The summed E-state index contributed by atoms with van der Waals surface area (Å²) in [6.07, 6.45) is 3.80. The second-order valence-corrected chi connectivity index (χ2v) is 8.09. The van der Waals surface area contributed by atoms with E-state index in [4.69, 9.17) is 0 Å². The number of likely N-dealkylation sites (tertiary alicyclic amines) is 1. The predicted molar refractivity (Wildman–Crippen MR) is 92.8 cm³/mol. The Labute approximate surface area is 141 Å². The molecule has 1 amide bonds. The number of pyridine rings is 1. The molecule has 1 aliphatic rings. The fourth-order valence-electron chi connectivity index (χ4n) is 2.94. The summed E-state index contributed by atoms with van der Waals surface area (Å²) in [6.45, 7) is 9.12. The summed E-state index contributed by atoms with van der Waals surface area (Å²) in [5.74, 6) is 0.101. The van der Waals surface area contributed by atoms with Crippen molar-refractivity contribution in [3.63, 3.8) is 0 Å². The van der Waals surface area contributed by atoms with E-state index in [9.17, 15) is 4.79 Å². The van der Waals surface area contributed by atoms with Crippen LogP contribution in [0.25, 0.3) is 0 Å². The summed E-state index contributed by atoms with van der Waals surface area (Å²) in [4.78, 5) is 24.9. The van der Waals surface area contributed by atoms with E-state index in [0.29, 0.717) is 0 Å². The maximum atomic E-state index is 13.1. The van der Waals surface area contributed by atoms with Gasteiger partial charge in [0.05, 0.1) is 22.4 Å². The van der Waals surface area contributed by atoms with Gasteiger partial charge in [-0.25, -0.2) is 4.98 Å². The second-order valence-electron chi connectivity index (χ2n) is 7.09. The van der Waals surface area contributed by atoms with Gasteiger partial charge >= 0.3 is 0 Å². The number of thiazole rings is 1. The van der Waals surface area contributed by atoms with E-state index in [1.54, 1.807) is 6.20 Å². The van der Waals surface area contributed by atoms with Crippen LogP contribution in [0, 0.1) is 6.92 Å². The third kappa shape index (κ3) is 3.15. The molecule has 1 fully saturated rings. The highest BCUT2D eigenvalue weighted by molar-refractivity contribution is 7.14. The zero-order chi connectivity index (χ0) is 16.6. The van der Waals surface area contributed by atoms with E-state index in [1.165, 1.54) is 11.3 Å². The van der Waals surface area contributed by atoms with Crippen LogP contribution in [0.15, 0.2) is 24.4 Å². The Bertz CT molecular complexity index is 703. The Morgan fingerprint density at radius 1 is 1.35 bits per heavy atom. The maximum Gasteiger partial charge on any atom is 0.266 e. The van der Waals surface area contributed by atoms with Gasteiger partial charge in [-0.3, -0.25) is 9.78 Å². The number of amides is 1. The van der Waals surface area contributed by atoms with Gasteiger partial charge in [-0.15, -0.1) is 11.3 Å². The third-order valence-electron chi connectivity index (χ3n) is 4.18. The zero-order valence-corrected chi connectivity index (χ0v) is 15.0.